The SMILES string of the molecule is COc1cc([C@H](C)C(=O)N(C)CC[C@@]2(C)CCc3cc(-c4ncccn4)c(C)nc3N2)c(F)cn1. The first kappa shape index (κ1) is 24.5. The van der Waals surface area contributed by atoms with Gasteiger partial charge in [-0.25, -0.2) is 24.3 Å². The topological polar surface area (TPSA) is 93.1 Å². The van der Waals surface area contributed by atoms with Crippen LogP contribution in [0.5, 0.6) is 5.88 Å². The van der Waals surface area contributed by atoms with Crippen LogP contribution in [-0.4, -0.2) is 57.0 Å². The van der Waals surface area contributed by atoms with E-state index >= 15 is 0 Å². The summed E-state index contributed by atoms with van der Waals surface area (Å²) >= 11 is 0. The molecule has 4 heterocycles. The summed E-state index contributed by atoms with van der Waals surface area (Å²) in [4.78, 5) is 32.1. The lowest BCUT2D eigenvalue weighted by atomic mass is 9.85. The Labute approximate surface area is 205 Å². The van der Waals surface area contributed by atoms with Crippen molar-refractivity contribution in [3.8, 4) is 17.3 Å². The van der Waals surface area contributed by atoms with Gasteiger partial charge in [0.15, 0.2) is 5.82 Å². The van der Waals surface area contributed by atoms with Crippen LogP contribution in [0.2, 0.25) is 0 Å². The van der Waals surface area contributed by atoms with Crippen LogP contribution in [0.1, 0.15) is 49.4 Å². The molecule has 35 heavy (non-hydrogen) atoms. The molecule has 0 spiro atoms. The maximum Gasteiger partial charge on any atom is 0.229 e. The molecule has 1 N–H and O–H groups in total. The third-order valence-electron chi connectivity index (χ3n) is 6.75. The average molecular weight is 479 g/mol. The van der Waals surface area contributed by atoms with Crippen molar-refractivity contribution in [2.45, 2.75) is 51.5 Å². The van der Waals surface area contributed by atoms with Crippen LogP contribution in [0.4, 0.5) is 10.2 Å². The molecule has 0 saturated heterocycles. The molecule has 0 saturated carbocycles. The average Bonchev–Trinajstić information content (AvgIpc) is 2.87. The van der Waals surface area contributed by atoms with E-state index < -0.39 is 11.7 Å². The van der Waals surface area contributed by atoms with Crippen molar-refractivity contribution in [1.29, 1.82) is 0 Å². The maximum atomic E-state index is 14.3. The molecule has 1 aliphatic heterocycles. The summed E-state index contributed by atoms with van der Waals surface area (Å²) < 4.78 is 19.4. The monoisotopic (exact) mass is 478 g/mol. The summed E-state index contributed by atoms with van der Waals surface area (Å²) in [6.45, 7) is 6.34. The number of likely N-dealkylation sites (N-methyl/N-ethyl adjacent to an activating group) is 1. The lowest BCUT2D eigenvalue weighted by molar-refractivity contribution is -0.131. The molecule has 0 aromatic carbocycles. The zero-order valence-electron chi connectivity index (χ0n) is 20.8. The zero-order chi connectivity index (χ0) is 25.2. The lowest BCUT2D eigenvalue weighted by Crippen LogP contribution is -2.43. The van der Waals surface area contributed by atoms with Crippen LogP contribution >= 0.6 is 0 Å². The molecular formula is C26H31FN6O2. The van der Waals surface area contributed by atoms with Crippen molar-refractivity contribution < 1.29 is 13.9 Å². The van der Waals surface area contributed by atoms with Gasteiger partial charge in [0, 0.05) is 48.7 Å². The number of carbonyl (C=O) groups is 1. The number of carbonyl (C=O) groups excluding carboxylic acids is 1. The van der Waals surface area contributed by atoms with Crippen molar-refractivity contribution in [2.24, 2.45) is 0 Å². The number of halogens is 1. The summed E-state index contributed by atoms with van der Waals surface area (Å²) in [5.74, 6) is 0.506. The van der Waals surface area contributed by atoms with E-state index in [4.69, 9.17) is 9.72 Å². The van der Waals surface area contributed by atoms with Crippen molar-refractivity contribution in [1.82, 2.24) is 24.8 Å². The first-order valence-corrected chi connectivity index (χ1v) is 11.7. The Morgan fingerprint density at radius 1 is 1.29 bits per heavy atom. The molecular weight excluding hydrogens is 447 g/mol. The third kappa shape index (κ3) is 5.23. The molecule has 1 amide bonds. The molecule has 8 nitrogen and oxygen atoms in total. The molecule has 0 radical (unpaired) electrons. The highest BCUT2D eigenvalue weighted by atomic mass is 19.1. The Bertz CT molecular complexity index is 1220. The van der Waals surface area contributed by atoms with Crippen LogP contribution in [0.15, 0.2) is 36.8 Å². The number of hydrogen-bond acceptors (Lipinski definition) is 7. The van der Waals surface area contributed by atoms with E-state index in [9.17, 15) is 9.18 Å². The van der Waals surface area contributed by atoms with Crippen molar-refractivity contribution in [2.75, 3.05) is 26.0 Å². The van der Waals surface area contributed by atoms with E-state index in [1.807, 2.05) is 6.92 Å². The van der Waals surface area contributed by atoms with Gasteiger partial charge in [0.2, 0.25) is 11.8 Å². The number of rotatable bonds is 7. The number of pyridine rings is 2. The molecule has 0 fully saturated rings. The van der Waals surface area contributed by atoms with Gasteiger partial charge in [-0.05, 0) is 57.7 Å². The number of methoxy groups -OCH3 is 1. The zero-order valence-corrected chi connectivity index (χ0v) is 20.8. The largest absolute Gasteiger partial charge is 0.481 e. The van der Waals surface area contributed by atoms with Crippen LogP contribution in [-0.2, 0) is 11.2 Å². The number of fused-ring (bicyclic) bond motifs is 1. The van der Waals surface area contributed by atoms with Gasteiger partial charge in [0.05, 0.1) is 24.9 Å². The number of nitrogens with zero attached hydrogens (tertiary/aromatic N) is 5. The molecule has 2 atom stereocenters. The van der Waals surface area contributed by atoms with E-state index in [-0.39, 0.29) is 22.9 Å². The molecule has 9 heteroatoms. The van der Waals surface area contributed by atoms with Gasteiger partial charge in [0.1, 0.15) is 11.6 Å². The number of aryl methyl sites for hydroxylation is 2. The summed E-state index contributed by atoms with van der Waals surface area (Å²) in [5, 5.41) is 3.60. The lowest BCUT2D eigenvalue weighted by Gasteiger charge is -2.38. The highest BCUT2D eigenvalue weighted by Gasteiger charge is 2.32. The molecule has 184 valence electrons. The van der Waals surface area contributed by atoms with Crippen molar-refractivity contribution >= 4 is 11.7 Å². The molecule has 0 aliphatic carbocycles. The second-order valence-electron chi connectivity index (χ2n) is 9.37. The van der Waals surface area contributed by atoms with Gasteiger partial charge in [-0.15, -0.1) is 0 Å². The molecule has 3 aromatic rings. The van der Waals surface area contributed by atoms with E-state index in [1.54, 1.807) is 37.3 Å². The Hall–Kier alpha value is -3.62. The standard InChI is InChI=1S/C26H31FN6O2/c1-16(19-14-22(35-5)30-15-21(19)27)25(34)33(4)12-9-26(3)8-7-18-13-20(17(2)31-23(18)32-26)24-28-10-6-11-29-24/h6,10-11,13-16H,7-9,12H2,1-5H3,(H,31,32)/t16-,26+/m0/s1. The van der Waals surface area contributed by atoms with Crippen LogP contribution in [0.3, 0.4) is 0 Å². The Morgan fingerprint density at radius 3 is 2.74 bits per heavy atom. The predicted octanol–water partition coefficient (Wildman–Crippen LogP) is 4.16. The van der Waals surface area contributed by atoms with E-state index in [1.165, 1.54) is 13.2 Å². The number of nitrogens with one attached hydrogen (secondary N) is 1. The van der Waals surface area contributed by atoms with E-state index in [2.05, 4.69) is 33.3 Å². The second kappa shape index (κ2) is 9.93. The minimum absolute atomic E-state index is 0.154. The highest BCUT2D eigenvalue weighted by molar-refractivity contribution is 5.83. The summed E-state index contributed by atoms with van der Waals surface area (Å²) in [6, 6.07) is 5.40. The first-order valence-electron chi connectivity index (χ1n) is 11.7. The smallest absolute Gasteiger partial charge is 0.229 e. The fraction of sp³-hybridized carbons (Fsp3) is 0.423. The third-order valence-corrected chi connectivity index (χ3v) is 6.75. The molecule has 4 rings (SSSR count). The summed E-state index contributed by atoms with van der Waals surface area (Å²) in [7, 11) is 3.22. The van der Waals surface area contributed by atoms with Crippen molar-refractivity contribution in [3.63, 3.8) is 0 Å². The maximum absolute atomic E-state index is 14.3. The fourth-order valence-electron chi connectivity index (χ4n) is 4.42. The number of hydrogen-bond donors (Lipinski definition) is 1. The normalized spacial score (nSPS) is 17.8. The van der Waals surface area contributed by atoms with Crippen molar-refractivity contribution in [3.05, 3.63) is 59.4 Å². The van der Waals surface area contributed by atoms with Gasteiger partial charge in [-0.3, -0.25) is 4.79 Å². The Kier molecular flexibility index (Phi) is 6.95. The van der Waals surface area contributed by atoms with Gasteiger partial charge >= 0.3 is 0 Å². The molecule has 1 aliphatic rings. The second-order valence-corrected chi connectivity index (χ2v) is 9.37. The number of ether oxygens (including phenoxy) is 1. The first-order chi connectivity index (χ1) is 16.7. The van der Waals surface area contributed by atoms with E-state index in [0.717, 1.165) is 48.1 Å². The quantitative estimate of drug-likeness (QED) is 0.545. The van der Waals surface area contributed by atoms with Crippen LogP contribution in [0, 0.1) is 12.7 Å². The molecule has 3 aromatic heterocycles. The Balaban J connectivity index is 1.42. The predicted molar refractivity (Wildman–Crippen MR) is 132 cm³/mol. The van der Waals surface area contributed by atoms with Crippen LogP contribution < -0.4 is 10.1 Å². The minimum atomic E-state index is -0.646. The molecule has 0 unspecified atom stereocenters. The van der Waals surface area contributed by atoms with Gasteiger partial charge in [-0.1, -0.05) is 0 Å². The van der Waals surface area contributed by atoms with Gasteiger partial charge in [-0.2, -0.15) is 0 Å². The van der Waals surface area contributed by atoms with E-state index in [0.29, 0.717) is 12.4 Å². The minimum Gasteiger partial charge on any atom is -0.481 e. The summed E-state index contributed by atoms with van der Waals surface area (Å²) in [5.41, 5.74) is 3.00. The number of anilines is 1. The molecule has 0 bridgehead atoms. The Morgan fingerprint density at radius 2 is 2.03 bits per heavy atom. The van der Waals surface area contributed by atoms with Crippen LogP contribution in [0.25, 0.3) is 11.4 Å². The number of aromatic nitrogens is 4. The fourth-order valence-corrected chi connectivity index (χ4v) is 4.42. The number of amides is 1. The summed E-state index contributed by atoms with van der Waals surface area (Å²) in [6.07, 6.45) is 7.04. The highest BCUT2D eigenvalue weighted by Crippen LogP contribution is 2.34. The van der Waals surface area contributed by atoms with Gasteiger partial charge in [0.25, 0.3) is 0 Å². The van der Waals surface area contributed by atoms with Gasteiger partial charge < -0.3 is 15.0 Å².